The van der Waals surface area contributed by atoms with E-state index in [1.165, 1.54) is 0 Å². The van der Waals surface area contributed by atoms with Crippen molar-refractivity contribution >= 4 is 11.5 Å². The van der Waals surface area contributed by atoms with Crippen LogP contribution >= 0.6 is 0 Å². The number of carbonyl (C=O) groups is 1. The molecule has 0 saturated carbocycles. The Hall–Kier alpha value is -2.23. The Morgan fingerprint density at radius 2 is 2.00 bits per heavy atom. The van der Waals surface area contributed by atoms with Crippen molar-refractivity contribution in [2.24, 2.45) is 7.05 Å². The lowest BCUT2D eigenvalue weighted by atomic mass is 10.2. The van der Waals surface area contributed by atoms with Crippen LogP contribution in [0.1, 0.15) is 10.5 Å². The van der Waals surface area contributed by atoms with E-state index in [0.717, 1.165) is 11.4 Å². The van der Waals surface area contributed by atoms with Gasteiger partial charge in [-0.15, -0.1) is 0 Å². The Morgan fingerprint density at radius 1 is 1.26 bits per heavy atom. The normalized spacial score (nSPS) is 10.3. The standard InChI is InChI=1S/C15H18N2O2/c1-16-10-6-8-12(16)14(18)11-17(2)13-7-4-5-9-15(13)19-3/h4-10H,11H2,1-3H3. The number of Topliss-reactive ketones (excluding diaryl/α,β-unsaturated/α-hetero) is 1. The van der Waals surface area contributed by atoms with Crippen LogP contribution in [0.3, 0.4) is 0 Å². The van der Waals surface area contributed by atoms with Crippen molar-refractivity contribution < 1.29 is 9.53 Å². The fourth-order valence-corrected chi connectivity index (χ4v) is 2.08. The molecule has 0 radical (unpaired) electrons. The third kappa shape index (κ3) is 2.78. The molecule has 0 fully saturated rings. The molecule has 19 heavy (non-hydrogen) atoms. The van der Waals surface area contributed by atoms with E-state index in [4.69, 9.17) is 4.74 Å². The summed E-state index contributed by atoms with van der Waals surface area (Å²) in [6, 6.07) is 11.4. The summed E-state index contributed by atoms with van der Waals surface area (Å²) in [6.45, 7) is 0.318. The molecule has 1 aromatic carbocycles. The number of para-hydroxylation sites is 2. The molecule has 0 amide bonds. The summed E-state index contributed by atoms with van der Waals surface area (Å²) in [5.74, 6) is 0.852. The summed E-state index contributed by atoms with van der Waals surface area (Å²) >= 11 is 0. The Bertz CT molecular complexity index is 575. The maximum Gasteiger partial charge on any atom is 0.198 e. The molecular formula is C15H18N2O2. The fourth-order valence-electron chi connectivity index (χ4n) is 2.08. The maximum atomic E-state index is 12.2. The highest BCUT2D eigenvalue weighted by molar-refractivity contribution is 5.98. The number of carbonyl (C=O) groups excluding carboxylic acids is 1. The van der Waals surface area contributed by atoms with Crippen molar-refractivity contribution in [1.82, 2.24) is 4.57 Å². The van der Waals surface area contributed by atoms with Gasteiger partial charge in [0.15, 0.2) is 5.78 Å². The molecule has 0 aliphatic heterocycles. The highest BCUT2D eigenvalue weighted by Crippen LogP contribution is 2.26. The molecule has 1 aromatic heterocycles. The van der Waals surface area contributed by atoms with Crippen LogP contribution in [0.15, 0.2) is 42.6 Å². The van der Waals surface area contributed by atoms with Crippen LogP contribution in [0.25, 0.3) is 0 Å². The second-order valence-electron chi connectivity index (χ2n) is 4.46. The highest BCUT2D eigenvalue weighted by atomic mass is 16.5. The molecule has 4 nitrogen and oxygen atoms in total. The number of anilines is 1. The summed E-state index contributed by atoms with van der Waals surface area (Å²) in [4.78, 5) is 14.1. The number of nitrogens with zero attached hydrogens (tertiary/aromatic N) is 2. The van der Waals surface area contributed by atoms with Gasteiger partial charge in [-0.1, -0.05) is 12.1 Å². The van der Waals surface area contributed by atoms with Gasteiger partial charge in [-0.25, -0.2) is 0 Å². The number of hydrogen-bond acceptors (Lipinski definition) is 3. The van der Waals surface area contributed by atoms with Crippen LogP contribution in [0.5, 0.6) is 5.75 Å². The predicted molar refractivity (Wildman–Crippen MR) is 76.0 cm³/mol. The number of ether oxygens (including phenoxy) is 1. The number of ketones is 1. The molecule has 0 saturated heterocycles. The SMILES string of the molecule is COc1ccccc1N(C)CC(=O)c1cccn1C. The van der Waals surface area contributed by atoms with Crippen LogP contribution in [-0.2, 0) is 7.05 Å². The summed E-state index contributed by atoms with van der Waals surface area (Å²) in [5, 5.41) is 0. The maximum absolute atomic E-state index is 12.2. The Balaban J connectivity index is 2.15. The summed E-state index contributed by atoms with van der Waals surface area (Å²) in [6.07, 6.45) is 1.87. The largest absolute Gasteiger partial charge is 0.495 e. The van der Waals surface area contributed by atoms with E-state index in [1.54, 1.807) is 7.11 Å². The van der Waals surface area contributed by atoms with Gasteiger partial charge in [0.1, 0.15) is 5.75 Å². The van der Waals surface area contributed by atoms with Crippen molar-refractivity contribution in [3.63, 3.8) is 0 Å². The quantitative estimate of drug-likeness (QED) is 0.772. The number of rotatable bonds is 5. The second kappa shape index (κ2) is 5.61. The average molecular weight is 258 g/mol. The lowest BCUT2D eigenvalue weighted by Crippen LogP contribution is -2.27. The van der Waals surface area contributed by atoms with Gasteiger partial charge in [-0.3, -0.25) is 4.79 Å². The van der Waals surface area contributed by atoms with E-state index < -0.39 is 0 Å². The third-order valence-corrected chi connectivity index (χ3v) is 3.11. The minimum absolute atomic E-state index is 0.0842. The minimum Gasteiger partial charge on any atom is -0.495 e. The first-order chi connectivity index (χ1) is 9.13. The fraction of sp³-hybridized carbons (Fsp3) is 0.267. The van der Waals surface area contributed by atoms with Crippen LogP contribution < -0.4 is 9.64 Å². The van der Waals surface area contributed by atoms with Gasteiger partial charge in [0.2, 0.25) is 0 Å². The van der Waals surface area contributed by atoms with Crippen LogP contribution in [0, 0.1) is 0 Å². The van der Waals surface area contributed by atoms with Crippen molar-refractivity contribution in [3.05, 3.63) is 48.3 Å². The highest BCUT2D eigenvalue weighted by Gasteiger charge is 2.14. The summed E-state index contributed by atoms with van der Waals surface area (Å²) < 4.78 is 7.14. The number of aromatic nitrogens is 1. The second-order valence-corrected chi connectivity index (χ2v) is 4.46. The summed E-state index contributed by atoms with van der Waals surface area (Å²) in [5.41, 5.74) is 1.62. The van der Waals surface area contributed by atoms with E-state index in [1.807, 2.05) is 66.2 Å². The lowest BCUT2D eigenvalue weighted by molar-refractivity contribution is 0.0992. The van der Waals surface area contributed by atoms with Crippen LogP contribution in [0.2, 0.25) is 0 Å². The van der Waals surface area contributed by atoms with E-state index in [0.29, 0.717) is 12.2 Å². The Labute approximate surface area is 113 Å². The third-order valence-electron chi connectivity index (χ3n) is 3.11. The average Bonchev–Trinajstić information content (AvgIpc) is 2.85. The van der Waals surface area contributed by atoms with Gasteiger partial charge in [0.05, 0.1) is 25.0 Å². The first-order valence-corrected chi connectivity index (χ1v) is 6.12. The molecule has 0 aliphatic carbocycles. The number of likely N-dealkylation sites (N-methyl/N-ethyl adjacent to an activating group) is 1. The van der Waals surface area contributed by atoms with Gasteiger partial charge in [-0.05, 0) is 24.3 Å². The van der Waals surface area contributed by atoms with E-state index in [2.05, 4.69) is 0 Å². The first-order valence-electron chi connectivity index (χ1n) is 6.12. The number of aryl methyl sites for hydroxylation is 1. The molecule has 0 spiro atoms. The number of benzene rings is 1. The molecule has 0 bridgehead atoms. The minimum atomic E-state index is 0.0842. The molecule has 2 rings (SSSR count). The molecular weight excluding hydrogens is 240 g/mol. The van der Waals surface area contributed by atoms with E-state index in [9.17, 15) is 4.79 Å². The zero-order chi connectivity index (χ0) is 13.8. The smallest absolute Gasteiger partial charge is 0.198 e. The first kappa shape index (κ1) is 13.2. The van der Waals surface area contributed by atoms with Gasteiger partial charge >= 0.3 is 0 Å². The van der Waals surface area contributed by atoms with Gasteiger partial charge < -0.3 is 14.2 Å². The molecule has 1 heterocycles. The molecule has 0 unspecified atom stereocenters. The van der Waals surface area contributed by atoms with Crippen LogP contribution in [-0.4, -0.2) is 31.1 Å². The monoisotopic (exact) mass is 258 g/mol. The molecule has 0 N–H and O–H groups in total. The van der Waals surface area contributed by atoms with Crippen molar-refractivity contribution in [2.75, 3.05) is 25.6 Å². The van der Waals surface area contributed by atoms with Gasteiger partial charge in [0.25, 0.3) is 0 Å². The lowest BCUT2D eigenvalue weighted by Gasteiger charge is -2.20. The molecule has 100 valence electrons. The number of hydrogen-bond donors (Lipinski definition) is 0. The molecule has 0 aliphatic rings. The topological polar surface area (TPSA) is 34.5 Å². The predicted octanol–water partition coefficient (Wildman–Crippen LogP) is 2.35. The molecule has 0 atom stereocenters. The summed E-state index contributed by atoms with van der Waals surface area (Å²) in [7, 11) is 5.39. The van der Waals surface area contributed by atoms with E-state index in [-0.39, 0.29) is 5.78 Å². The Morgan fingerprint density at radius 3 is 2.63 bits per heavy atom. The van der Waals surface area contributed by atoms with Crippen LogP contribution in [0.4, 0.5) is 5.69 Å². The van der Waals surface area contributed by atoms with Crippen molar-refractivity contribution in [1.29, 1.82) is 0 Å². The zero-order valence-electron chi connectivity index (χ0n) is 11.5. The van der Waals surface area contributed by atoms with Crippen molar-refractivity contribution in [2.45, 2.75) is 0 Å². The molecule has 2 aromatic rings. The zero-order valence-corrected chi connectivity index (χ0v) is 11.5. The van der Waals surface area contributed by atoms with Gasteiger partial charge in [-0.2, -0.15) is 0 Å². The van der Waals surface area contributed by atoms with Crippen molar-refractivity contribution in [3.8, 4) is 5.75 Å². The van der Waals surface area contributed by atoms with Gasteiger partial charge in [0, 0.05) is 20.3 Å². The number of methoxy groups -OCH3 is 1. The van der Waals surface area contributed by atoms with E-state index >= 15 is 0 Å². The Kier molecular flexibility index (Phi) is 3.90. The molecule has 4 heteroatoms.